The van der Waals surface area contributed by atoms with Gasteiger partial charge in [0, 0.05) is 11.4 Å². The lowest BCUT2D eigenvalue weighted by molar-refractivity contribution is 0.809. The molecule has 2 rings (SSSR count). The van der Waals surface area contributed by atoms with Gasteiger partial charge in [-0.1, -0.05) is 29.8 Å². The van der Waals surface area contributed by atoms with E-state index in [0.29, 0.717) is 13.1 Å². The number of aliphatic imine (C=N–C) groups is 1. The molecule has 1 aromatic carbocycles. The highest BCUT2D eigenvalue weighted by Crippen LogP contribution is 2.15. The van der Waals surface area contributed by atoms with Crippen molar-refractivity contribution >= 4 is 17.3 Å². The van der Waals surface area contributed by atoms with Crippen LogP contribution in [0.4, 0.5) is 0 Å². The molecule has 2 aromatic rings. The van der Waals surface area contributed by atoms with Crippen LogP contribution in [0.25, 0.3) is 0 Å². The van der Waals surface area contributed by atoms with Crippen LogP contribution in [0.2, 0.25) is 0 Å². The molecule has 1 aromatic heterocycles. The minimum absolute atomic E-state index is 0.672. The van der Waals surface area contributed by atoms with Gasteiger partial charge in [0.2, 0.25) is 0 Å². The molecule has 0 aliphatic heterocycles. The Hall–Kier alpha value is -1.88. The molecule has 0 bridgehead atoms. The van der Waals surface area contributed by atoms with E-state index in [1.54, 1.807) is 11.3 Å². The fourth-order valence-electron chi connectivity index (χ4n) is 1.98. The van der Waals surface area contributed by atoms with Crippen molar-refractivity contribution in [2.45, 2.75) is 40.8 Å². The monoisotopic (exact) mass is 316 g/mol. The molecule has 0 spiro atoms. The molecule has 2 N–H and O–H groups in total. The number of rotatable bonds is 5. The highest BCUT2D eigenvalue weighted by Gasteiger charge is 2.04. The van der Waals surface area contributed by atoms with Gasteiger partial charge in [0.25, 0.3) is 0 Å². The number of benzene rings is 1. The smallest absolute Gasteiger partial charge is 0.191 e. The highest BCUT2D eigenvalue weighted by molar-refractivity contribution is 7.11. The zero-order valence-electron chi connectivity index (χ0n) is 13.7. The molecule has 118 valence electrons. The molecule has 0 atom stereocenters. The van der Waals surface area contributed by atoms with E-state index in [9.17, 15) is 0 Å². The topological polar surface area (TPSA) is 49.3 Å². The van der Waals surface area contributed by atoms with Gasteiger partial charge in [-0.25, -0.2) is 9.98 Å². The fraction of sp³-hybridized carbons (Fsp3) is 0.412. The van der Waals surface area contributed by atoms with Gasteiger partial charge in [-0.15, -0.1) is 11.3 Å². The van der Waals surface area contributed by atoms with Gasteiger partial charge in [0.05, 0.1) is 18.8 Å². The largest absolute Gasteiger partial charge is 0.357 e. The molecule has 0 fully saturated rings. The molecular weight excluding hydrogens is 292 g/mol. The summed E-state index contributed by atoms with van der Waals surface area (Å²) in [5, 5.41) is 7.71. The standard InChI is InChI=1S/C17H24N4S/c1-5-18-17(19-10-15-8-6-12(2)7-9-15)20-11-16-21-13(3)14(4)22-16/h6-9H,5,10-11H2,1-4H3,(H2,18,19,20). The van der Waals surface area contributed by atoms with E-state index in [4.69, 9.17) is 0 Å². The third-order valence-electron chi connectivity index (χ3n) is 3.36. The Bertz CT molecular complexity index is 609. The average Bonchev–Trinajstić information content (AvgIpc) is 2.82. The van der Waals surface area contributed by atoms with Gasteiger partial charge >= 0.3 is 0 Å². The number of hydrogen-bond donors (Lipinski definition) is 2. The minimum atomic E-state index is 0.672. The number of nitrogens with one attached hydrogen (secondary N) is 2. The van der Waals surface area contributed by atoms with E-state index in [1.807, 2.05) is 6.92 Å². The lowest BCUT2D eigenvalue weighted by Gasteiger charge is -2.10. The van der Waals surface area contributed by atoms with Crippen molar-refractivity contribution < 1.29 is 0 Å². The third kappa shape index (κ3) is 4.84. The van der Waals surface area contributed by atoms with Crippen LogP contribution in [0.1, 0.15) is 33.6 Å². The van der Waals surface area contributed by atoms with Crippen LogP contribution in [0.5, 0.6) is 0 Å². The van der Waals surface area contributed by atoms with E-state index < -0.39 is 0 Å². The molecule has 0 radical (unpaired) electrons. The molecule has 0 aliphatic rings. The van der Waals surface area contributed by atoms with Crippen LogP contribution in [-0.4, -0.2) is 17.5 Å². The van der Waals surface area contributed by atoms with E-state index in [-0.39, 0.29) is 0 Å². The van der Waals surface area contributed by atoms with Crippen molar-refractivity contribution in [3.8, 4) is 0 Å². The van der Waals surface area contributed by atoms with Crippen LogP contribution >= 0.6 is 11.3 Å². The first kappa shape index (κ1) is 16.5. The van der Waals surface area contributed by atoms with Crippen molar-refractivity contribution in [3.05, 3.63) is 51.0 Å². The van der Waals surface area contributed by atoms with Gasteiger partial charge in [-0.3, -0.25) is 0 Å². The summed E-state index contributed by atoms with van der Waals surface area (Å²) in [7, 11) is 0. The molecule has 5 heteroatoms. The molecule has 0 saturated carbocycles. The Kier molecular flexibility index (Phi) is 5.95. The second-order valence-corrected chi connectivity index (χ2v) is 6.57. The van der Waals surface area contributed by atoms with Crippen molar-refractivity contribution in [2.75, 3.05) is 6.54 Å². The predicted molar refractivity (Wildman–Crippen MR) is 94.4 cm³/mol. The fourth-order valence-corrected chi connectivity index (χ4v) is 2.85. The van der Waals surface area contributed by atoms with Gasteiger partial charge in [-0.05, 0) is 33.3 Å². The Morgan fingerprint density at radius 2 is 1.86 bits per heavy atom. The van der Waals surface area contributed by atoms with Gasteiger partial charge in [-0.2, -0.15) is 0 Å². The molecule has 22 heavy (non-hydrogen) atoms. The summed E-state index contributed by atoms with van der Waals surface area (Å²) in [6.45, 7) is 10.5. The Labute approximate surface area is 136 Å². The van der Waals surface area contributed by atoms with Crippen LogP contribution in [0, 0.1) is 20.8 Å². The number of aryl methyl sites for hydroxylation is 3. The summed E-state index contributed by atoms with van der Waals surface area (Å²) in [5.41, 5.74) is 3.60. The average molecular weight is 316 g/mol. The molecule has 0 aliphatic carbocycles. The van der Waals surface area contributed by atoms with Crippen molar-refractivity contribution in [1.82, 2.24) is 15.6 Å². The van der Waals surface area contributed by atoms with E-state index >= 15 is 0 Å². The maximum Gasteiger partial charge on any atom is 0.191 e. The molecular formula is C17H24N4S. The maximum absolute atomic E-state index is 4.63. The minimum Gasteiger partial charge on any atom is -0.357 e. The van der Waals surface area contributed by atoms with Gasteiger partial charge < -0.3 is 10.6 Å². The normalized spacial score (nSPS) is 11.5. The highest BCUT2D eigenvalue weighted by atomic mass is 32.1. The summed E-state index contributed by atoms with van der Waals surface area (Å²) in [4.78, 5) is 10.4. The van der Waals surface area contributed by atoms with Crippen molar-refractivity contribution in [3.63, 3.8) is 0 Å². The van der Waals surface area contributed by atoms with Crippen LogP contribution < -0.4 is 10.6 Å². The number of guanidine groups is 1. The third-order valence-corrected chi connectivity index (χ3v) is 4.44. The summed E-state index contributed by atoms with van der Waals surface area (Å²) in [5.74, 6) is 0.827. The van der Waals surface area contributed by atoms with Crippen molar-refractivity contribution in [2.24, 2.45) is 4.99 Å². The maximum atomic E-state index is 4.63. The van der Waals surface area contributed by atoms with E-state index in [1.165, 1.54) is 16.0 Å². The summed E-state index contributed by atoms with van der Waals surface area (Å²) in [6, 6.07) is 8.48. The summed E-state index contributed by atoms with van der Waals surface area (Å²) < 4.78 is 0. The Balaban J connectivity index is 1.96. The molecule has 4 nitrogen and oxygen atoms in total. The second-order valence-electron chi connectivity index (χ2n) is 5.28. The first-order valence-corrected chi connectivity index (χ1v) is 8.40. The van der Waals surface area contributed by atoms with Crippen LogP contribution in [0.15, 0.2) is 29.3 Å². The van der Waals surface area contributed by atoms with Crippen molar-refractivity contribution in [1.29, 1.82) is 0 Å². The number of hydrogen-bond acceptors (Lipinski definition) is 3. The molecule has 1 heterocycles. The zero-order chi connectivity index (χ0) is 15.9. The molecule has 0 saturated heterocycles. The number of nitrogens with zero attached hydrogens (tertiary/aromatic N) is 2. The van der Waals surface area contributed by atoms with Gasteiger partial charge in [0.1, 0.15) is 5.01 Å². The Morgan fingerprint density at radius 1 is 1.14 bits per heavy atom. The first-order chi connectivity index (χ1) is 10.6. The lowest BCUT2D eigenvalue weighted by Crippen LogP contribution is -2.36. The van der Waals surface area contributed by atoms with E-state index in [2.05, 4.69) is 65.6 Å². The number of aromatic nitrogens is 1. The first-order valence-electron chi connectivity index (χ1n) is 7.59. The van der Waals surface area contributed by atoms with Crippen LogP contribution in [-0.2, 0) is 13.1 Å². The Morgan fingerprint density at radius 3 is 2.45 bits per heavy atom. The predicted octanol–water partition coefficient (Wildman–Crippen LogP) is 3.32. The van der Waals surface area contributed by atoms with E-state index in [0.717, 1.165) is 23.2 Å². The summed E-state index contributed by atoms with van der Waals surface area (Å²) in [6.07, 6.45) is 0. The van der Waals surface area contributed by atoms with Gasteiger partial charge in [0.15, 0.2) is 5.96 Å². The SMILES string of the molecule is CCNC(=NCc1ccc(C)cc1)NCc1nc(C)c(C)s1. The lowest BCUT2D eigenvalue weighted by atomic mass is 10.1. The molecule has 0 amide bonds. The number of thiazole rings is 1. The summed E-state index contributed by atoms with van der Waals surface area (Å²) >= 11 is 1.73. The zero-order valence-corrected chi connectivity index (χ0v) is 14.5. The second kappa shape index (κ2) is 7.94. The molecule has 0 unspecified atom stereocenters. The van der Waals surface area contributed by atoms with Crippen LogP contribution in [0.3, 0.4) is 0 Å². The quantitative estimate of drug-likeness (QED) is 0.657.